The molecule has 0 saturated carbocycles. The minimum Gasteiger partial charge on any atom is -0.348 e. The van der Waals surface area contributed by atoms with Crippen LogP contribution in [0.3, 0.4) is 0 Å². The van der Waals surface area contributed by atoms with E-state index in [-0.39, 0.29) is 6.04 Å². The first-order valence-corrected chi connectivity index (χ1v) is 9.50. The van der Waals surface area contributed by atoms with Crippen LogP contribution in [0, 0.1) is 0 Å². The Labute approximate surface area is 155 Å². The summed E-state index contributed by atoms with van der Waals surface area (Å²) in [7, 11) is 0. The Bertz CT molecular complexity index is 988. The van der Waals surface area contributed by atoms with E-state index in [1.807, 2.05) is 36.4 Å². The number of thiazole rings is 1. The molecule has 5 heterocycles. The first kappa shape index (κ1) is 15.5. The third-order valence-corrected chi connectivity index (χ3v) is 5.59. The van der Waals surface area contributed by atoms with Gasteiger partial charge in [0.2, 0.25) is 0 Å². The zero-order chi connectivity index (χ0) is 17.3. The van der Waals surface area contributed by atoms with Crippen LogP contribution in [0.4, 0.5) is 0 Å². The van der Waals surface area contributed by atoms with Crippen molar-refractivity contribution in [3.05, 3.63) is 83.4 Å². The van der Waals surface area contributed by atoms with Crippen LogP contribution in [0.1, 0.15) is 28.7 Å². The molecule has 130 valence electrons. The minimum absolute atomic E-state index is 0.0871. The lowest BCUT2D eigenvalue weighted by molar-refractivity contribution is 0.195. The SMILES string of the molecule is c1cncc(CN2CCc3[nH]cnc3[C@H]2c2cccn2-c2nccs2)c1. The van der Waals surface area contributed by atoms with E-state index in [4.69, 9.17) is 0 Å². The van der Waals surface area contributed by atoms with Gasteiger partial charge in [0.1, 0.15) is 0 Å². The first-order valence-electron chi connectivity index (χ1n) is 8.62. The number of rotatable bonds is 4. The number of imidazole rings is 1. The van der Waals surface area contributed by atoms with Crippen molar-refractivity contribution in [2.45, 2.75) is 19.0 Å². The van der Waals surface area contributed by atoms with Crippen molar-refractivity contribution in [3.63, 3.8) is 0 Å². The molecule has 0 amide bonds. The number of hydrogen-bond acceptors (Lipinski definition) is 5. The van der Waals surface area contributed by atoms with Crippen molar-refractivity contribution in [1.29, 1.82) is 0 Å². The van der Waals surface area contributed by atoms with Crippen LogP contribution in [0.2, 0.25) is 0 Å². The van der Waals surface area contributed by atoms with Crippen LogP contribution in [-0.4, -0.2) is 35.9 Å². The fourth-order valence-corrected chi connectivity index (χ4v) is 4.32. The molecule has 1 atom stereocenters. The van der Waals surface area contributed by atoms with Gasteiger partial charge in [0, 0.05) is 61.1 Å². The van der Waals surface area contributed by atoms with Gasteiger partial charge in [-0.3, -0.25) is 14.5 Å². The van der Waals surface area contributed by atoms with E-state index in [9.17, 15) is 0 Å². The molecule has 4 aromatic rings. The molecule has 0 radical (unpaired) electrons. The second kappa shape index (κ2) is 6.51. The number of pyridine rings is 1. The van der Waals surface area contributed by atoms with Crippen molar-refractivity contribution >= 4 is 11.3 Å². The summed E-state index contributed by atoms with van der Waals surface area (Å²) < 4.78 is 2.18. The lowest BCUT2D eigenvalue weighted by atomic mass is 9.99. The molecule has 0 saturated heterocycles. The summed E-state index contributed by atoms with van der Waals surface area (Å²) in [6.45, 7) is 1.81. The van der Waals surface area contributed by atoms with Gasteiger partial charge in [0.15, 0.2) is 5.13 Å². The highest BCUT2D eigenvalue weighted by molar-refractivity contribution is 7.12. The Morgan fingerprint density at radius 1 is 1.19 bits per heavy atom. The average molecular weight is 362 g/mol. The molecule has 1 N–H and O–H groups in total. The third-order valence-electron chi connectivity index (χ3n) is 4.82. The fraction of sp³-hybridized carbons (Fsp3) is 0.211. The van der Waals surface area contributed by atoms with Crippen molar-refractivity contribution in [2.75, 3.05) is 6.54 Å². The van der Waals surface area contributed by atoms with E-state index in [2.05, 4.69) is 53.8 Å². The Balaban J connectivity index is 1.58. The van der Waals surface area contributed by atoms with Crippen LogP contribution in [0.5, 0.6) is 0 Å². The lowest BCUT2D eigenvalue weighted by Gasteiger charge is -2.35. The van der Waals surface area contributed by atoms with Gasteiger partial charge in [-0.1, -0.05) is 6.07 Å². The molecule has 0 spiro atoms. The number of hydrogen-bond donors (Lipinski definition) is 1. The standard InChI is InChI=1S/C19H18N6S/c1-3-14(11-20-6-1)12-24-9-5-15-17(23-13-22-15)18(24)16-4-2-8-25(16)19-21-7-10-26-19/h1-4,6-8,10-11,13,18H,5,9,12H2,(H,22,23)/t18-/m1/s1. The Morgan fingerprint density at radius 2 is 2.19 bits per heavy atom. The summed E-state index contributed by atoms with van der Waals surface area (Å²) in [6, 6.07) is 8.46. The normalized spacial score (nSPS) is 17.3. The van der Waals surface area contributed by atoms with Gasteiger partial charge < -0.3 is 4.98 Å². The largest absolute Gasteiger partial charge is 0.348 e. The number of aromatic amines is 1. The summed E-state index contributed by atoms with van der Waals surface area (Å²) in [5.41, 5.74) is 4.74. The molecule has 0 fully saturated rings. The monoisotopic (exact) mass is 362 g/mol. The van der Waals surface area contributed by atoms with E-state index in [1.54, 1.807) is 11.3 Å². The van der Waals surface area contributed by atoms with Gasteiger partial charge in [0.25, 0.3) is 0 Å². The highest BCUT2D eigenvalue weighted by atomic mass is 32.1. The molecule has 0 bridgehead atoms. The molecule has 7 heteroatoms. The summed E-state index contributed by atoms with van der Waals surface area (Å²) in [6.07, 6.45) is 10.5. The van der Waals surface area contributed by atoms with Gasteiger partial charge in [-0.2, -0.15) is 0 Å². The number of aromatic nitrogens is 5. The van der Waals surface area contributed by atoms with Gasteiger partial charge in [-0.15, -0.1) is 11.3 Å². The molecule has 0 unspecified atom stereocenters. The van der Waals surface area contributed by atoms with Gasteiger partial charge in [0.05, 0.1) is 18.1 Å². The highest BCUT2D eigenvalue weighted by Crippen LogP contribution is 2.35. The molecule has 5 rings (SSSR count). The van der Waals surface area contributed by atoms with E-state index in [0.717, 1.165) is 30.3 Å². The van der Waals surface area contributed by atoms with Crippen molar-refractivity contribution in [2.24, 2.45) is 0 Å². The molecule has 1 aliphatic heterocycles. The second-order valence-electron chi connectivity index (χ2n) is 6.37. The zero-order valence-electron chi connectivity index (χ0n) is 14.1. The second-order valence-corrected chi connectivity index (χ2v) is 7.24. The maximum Gasteiger partial charge on any atom is 0.193 e. The summed E-state index contributed by atoms with van der Waals surface area (Å²) in [4.78, 5) is 19.2. The first-order chi connectivity index (χ1) is 12.9. The number of H-pyrrole nitrogens is 1. The average Bonchev–Trinajstić information content (AvgIpc) is 3.42. The maximum atomic E-state index is 4.67. The van der Waals surface area contributed by atoms with Crippen LogP contribution in [-0.2, 0) is 13.0 Å². The van der Waals surface area contributed by atoms with E-state index in [0.29, 0.717) is 0 Å². The Hall–Kier alpha value is -2.77. The minimum atomic E-state index is 0.0871. The predicted octanol–water partition coefficient (Wildman–Crippen LogP) is 3.20. The molecular formula is C19H18N6S. The van der Waals surface area contributed by atoms with Crippen molar-refractivity contribution < 1.29 is 0 Å². The molecule has 0 aromatic carbocycles. The topological polar surface area (TPSA) is 62.6 Å². The third kappa shape index (κ3) is 2.65. The predicted molar refractivity (Wildman–Crippen MR) is 100 cm³/mol. The molecule has 1 aliphatic rings. The molecule has 4 aromatic heterocycles. The zero-order valence-corrected chi connectivity index (χ0v) is 14.9. The lowest BCUT2D eigenvalue weighted by Crippen LogP contribution is -2.36. The summed E-state index contributed by atoms with van der Waals surface area (Å²) in [5, 5.41) is 2.99. The number of nitrogens with zero attached hydrogens (tertiary/aromatic N) is 5. The van der Waals surface area contributed by atoms with Crippen LogP contribution in [0.15, 0.2) is 60.8 Å². The quantitative estimate of drug-likeness (QED) is 0.606. The molecule has 26 heavy (non-hydrogen) atoms. The molecule has 0 aliphatic carbocycles. The Morgan fingerprint density at radius 3 is 3.04 bits per heavy atom. The number of nitrogens with one attached hydrogen (secondary N) is 1. The summed E-state index contributed by atoms with van der Waals surface area (Å²) in [5.74, 6) is 0. The van der Waals surface area contributed by atoms with E-state index < -0.39 is 0 Å². The molecular weight excluding hydrogens is 344 g/mol. The van der Waals surface area contributed by atoms with Crippen LogP contribution >= 0.6 is 11.3 Å². The Kier molecular flexibility index (Phi) is 3.88. The smallest absolute Gasteiger partial charge is 0.193 e. The fourth-order valence-electron chi connectivity index (χ4n) is 3.67. The molecule has 6 nitrogen and oxygen atoms in total. The van der Waals surface area contributed by atoms with Gasteiger partial charge in [-0.25, -0.2) is 9.97 Å². The van der Waals surface area contributed by atoms with E-state index >= 15 is 0 Å². The van der Waals surface area contributed by atoms with Crippen LogP contribution < -0.4 is 0 Å². The van der Waals surface area contributed by atoms with Crippen LogP contribution in [0.25, 0.3) is 5.13 Å². The van der Waals surface area contributed by atoms with Gasteiger partial charge in [-0.05, 0) is 23.8 Å². The van der Waals surface area contributed by atoms with Crippen molar-refractivity contribution in [1.82, 2.24) is 29.4 Å². The van der Waals surface area contributed by atoms with Gasteiger partial charge >= 0.3 is 0 Å². The highest BCUT2D eigenvalue weighted by Gasteiger charge is 2.33. The van der Waals surface area contributed by atoms with E-state index in [1.165, 1.54) is 17.0 Å². The van der Waals surface area contributed by atoms with Crippen molar-refractivity contribution in [3.8, 4) is 5.13 Å². The number of fused-ring (bicyclic) bond motifs is 1. The summed E-state index contributed by atoms with van der Waals surface area (Å²) >= 11 is 1.64. The maximum absolute atomic E-state index is 4.67.